The first-order chi connectivity index (χ1) is 13.5. The molecule has 3 heterocycles. The SMILES string of the molecule is Cn1c2c(c(=O)n(C)c1=O)CN(CCN1CCN(c3ccccc3)CC1)CN2. The molecule has 1 aromatic carbocycles. The molecule has 8 nitrogen and oxygen atoms in total. The van der Waals surface area contributed by atoms with Crippen molar-refractivity contribution in [3.05, 3.63) is 56.7 Å². The van der Waals surface area contributed by atoms with Crippen molar-refractivity contribution in [2.24, 2.45) is 14.1 Å². The second-order valence-corrected chi connectivity index (χ2v) is 7.58. The van der Waals surface area contributed by atoms with Crippen LogP contribution in [0.1, 0.15) is 5.56 Å². The van der Waals surface area contributed by atoms with E-state index in [4.69, 9.17) is 0 Å². The van der Waals surface area contributed by atoms with Crippen LogP contribution in [-0.4, -0.2) is 64.9 Å². The van der Waals surface area contributed by atoms with Gasteiger partial charge < -0.3 is 10.2 Å². The molecule has 0 saturated carbocycles. The van der Waals surface area contributed by atoms with E-state index in [9.17, 15) is 9.59 Å². The molecule has 2 aliphatic heterocycles. The van der Waals surface area contributed by atoms with Crippen LogP contribution in [-0.2, 0) is 20.6 Å². The number of para-hydroxylation sites is 1. The van der Waals surface area contributed by atoms with Crippen LogP contribution in [0.4, 0.5) is 11.5 Å². The molecule has 8 heteroatoms. The molecule has 0 bridgehead atoms. The number of fused-ring (bicyclic) bond motifs is 1. The van der Waals surface area contributed by atoms with Crippen LogP contribution in [0.3, 0.4) is 0 Å². The third-order valence-electron chi connectivity index (χ3n) is 5.84. The maximum Gasteiger partial charge on any atom is 0.332 e. The third-order valence-corrected chi connectivity index (χ3v) is 5.84. The van der Waals surface area contributed by atoms with E-state index in [1.807, 2.05) is 0 Å². The number of piperazine rings is 1. The highest BCUT2D eigenvalue weighted by Gasteiger charge is 2.24. The van der Waals surface area contributed by atoms with E-state index in [1.54, 1.807) is 7.05 Å². The number of hydrogen-bond acceptors (Lipinski definition) is 6. The van der Waals surface area contributed by atoms with Gasteiger partial charge in [0.1, 0.15) is 5.82 Å². The van der Waals surface area contributed by atoms with Crippen LogP contribution >= 0.6 is 0 Å². The van der Waals surface area contributed by atoms with Crippen LogP contribution in [0.2, 0.25) is 0 Å². The van der Waals surface area contributed by atoms with E-state index >= 15 is 0 Å². The second kappa shape index (κ2) is 7.81. The lowest BCUT2D eigenvalue weighted by Crippen LogP contribution is -2.50. The minimum atomic E-state index is -0.291. The lowest BCUT2D eigenvalue weighted by atomic mass is 10.2. The fraction of sp³-hybridized carbons (Fsp3) is 0.500. The Morgan fingerprint density at radius 3 is 2.29 bits per heavy atom. The van der Waals surface area contributed by atoms with Crippen molar-refractivity contribution in [2.75, 3.05) is 56.2 Å². The zero-order chi connectivity index (χ0) is 19.7. The van der Waals surface area contributed by atoms with Gasteiger partial charge in [-0.25, -0.2) is 4.79 Å². The summed E-state index contributed by atoms with van der Waals surface area (Å²) in [6, 6.07) is 10.6. The van der Waals surface area contributed by atoms with Crippen LogP contribution in [0.5, 0.6) is 0 Å². The minimum absolute atomic E-state index is 0.202. The zero-order valence-corrected chi connectivity index (χ0v) is 16.6. The quantitative estimate of drug-likeness (QED) is 0.806. The van der Waals surface area contributed by atoms with Crippen molar-refractivity contribution < 1.29 is 0 Å². The van der Waals surface area contributed by atoms with Gasteiger partial charge in [0.05, 0.1) is 12.2 Å². The highest BCUT2D eigenvalue weighted by atomic mass is 16.2. The molecular formula is C20H28N6O2. The predicted molar refractivity (Wildman–Crippen MR) is 111 cm³/mol. The Kier molecular flexibility index (Phi) is 5.23. The minimum Gasteiger partial charge on any atom is -0.369 e. The maximum atomic E-state index is 12.5. The summed E-state index contributed by atoms with van der Waals surface area (Å²) in [5, 5.41) is 3.25. The van der Waals surface area contributed by atoms with E-state index in [-0.39, 0.29) is 11.2 Å². The molecule has 0 atom stereocenters. The summed E-state index contributed by atoms with van der Waals surface area (Å²) < 4.78 is 2.71. The van der Waals surface area contributed by atoms with Crippen LogP contribution in [0, 0.1) is 0 Å². The monoisotopic (exact) mass is 384 g/mol. The molecule has 2 aromatic rings. The van der Waals surface area contributed by atoms with Gasteiger partial charge in [-0.15, -0.1) is 0 Å². The van der Waals surface area contributed by atoms with Gasteiger partial charge in [-0.1, -0.05) is 18.2 Å². The number of nitrogens with one attached hydrogen (secondary N) is 1. The molecule has 0 amide bonds. The summed E-state index contributed by atoms with van der Waals surface area (Å²) in [4.78, 5) is 31.7. The predicted octanol–water partition coefficient (Wildman–Crippen LogP) is 0.0912. The third kappa shape index (κ3) is 3.57. The first-order valence-corrected chi connectivity index (χ1v) is 9.82. The lowest BCUT2D eigenvalue weighted by molar-refractivity contribution is 0.194. The molecule has 1 fully saturated rings. The average Bonchev–Trinajstić information content (AvgIpc) is 2.75. The van der Waals surface area contributed by atoms with Crippen molar-refractivity contribution in [2.45, 2.75) is 6.54 Å². The van der Waals surface area contributed by atoms with Gasteiger partial charge in [0.15, 0.2) is 0 Å². The van der Waals surface area contributed by atoms with E-state index in [1.165, 1.54) is 21.9 Å². The topological polar surface area (TPSA) is 65.8 Å². The second-order valence-electron chi connectivity index (χ2n) is 7.58. The van der Waals surface area contributed by atoms with E-state index < -0.39 is 0 Å². The van der Waals surface area contributed by atoms with Crippen molar-refractivity contribution in [3.63, 3.8) is 0 Å². The van der Waals surface area contributed by atoms with Crippen molar-refractivity contribution in [1.29, 1.82) is 0 Å². The van der Waals surface area contributed by atoms with Crippen LogP contribution in [0.25, 0.3) is 0 Å². The summed E-state index contributed by atoms with van der Waals surface area (Å²) in [6.07, 6.45) is 0. The van der Waals surface area contributed by atoms with Gasteiger partial charge in [-0.05, 0) is 12.1 Å². The maximum absolute atomic E-state index is 12.5. The van der Waals surface area contributed by atoms with Crippen LogP contribution < -0.4 is 21.5 Å². The van der Waals surface area contributed by atoms with Gasteiger partial charge in [0.25, 0.3) is 5.56 Å². The van der Waals surface area contributed by atoms with Gasteiger partial charge >= 0.3 is 5.69 Å². The van der Waals surface area contributed by atoms with Gasteiger partial charge in [0, 0.05) is 65.6 Å². The summed E-state index contributed by atoms with van der Waals surface area (Å²) in [5.41, 5.74) is 1.47. The standard InChI is InChI=1S/C20H28N6O2/c1-22-18-17(19(27)23(2)20(22)28)14-25(15-21-18)9-8-24-10-12-26(13-11-24)16-6-4-3-5-7-16/h3-7,21H,8-15H2,1-2H3. The van der Waals surface area contributed by atoms with E-state index in [0.717, 1.165) is 39.3 Å². The summed E-state index contributed by atoms with van der Waals surface area (Å²) in [5.74, 6) is 0.654. The Balaban J connectivity index is 1.33. The molecular weight excluding hydrogens is 356 g/mol. The molecule has 0 radical (unpaired) electrons. The Morgan fingerprint density at radius 1 is 0.893 bits per heavy atom. The summed E-state index contributed by atoms with van der Waals surface area (Å²) in [6.45, 7) is 7.26. The number of rotatable bonds is 4. The molecule has 0 unspecified atom stereocenters. The fourth-order valence-corrected chi connectivity index (χ4v) is 4.06. The van der Waals surface area contributed by atoms with Gasteiger partial charge in [0.2, 0.25) is 0 Å². The van der Waals surface area contributed by atoms with Crippen molar-refractivity contribution in [1.82, 2.24) is 18.9 Å². The number of benzene rings is 1. The molecule has 28 heavy (non-hydrogen) atoms. The molecule has 2 aliphatic rings. The molecule has 150 valence electrons. The Bertz CT molecular complexity index is 944. The molecule has 0 spiro atoms. The normalized spacial score (nSPS) is 18.0. The van der Waals surface area contributed by atoms with E-state index in [2.05, 4.69) is 50.3 Å². The number of aromatic nitrogens is 2. The molecule has 1 saturated heterocycles. The van der Waals surface area contributed by atoms with Gasteiger partial charge in [-0.2, -0.15) is 0 Å². The first-order valence-electron chi connectivity index (χ1n) is 9.82. The number of anilines is 2. The summed E-state index contributed by atoms with van der Waals surface area (Å²) >= 11 is 0. The largest absolute Gasteiger partial charge is 0.369 e. The van der Waals surface area contributed by atoms with Crippen molar-refractivity contribution >= 4 is 11.5 Å². The first kappa shape index (κ1) is 18.8. The fourth-order valence-electron chi connectivity index (χ4n) is 4.06. The number of nitrogens with zero attached hydrogens (tertiary/aromatic N) is 5. The van der Waals surface area contributed by atoms with Crippen molar-refractivity contribution in [3.8, 4) is 0 Å². The molecule has 0 aliphatic carbocycles. The molecule has 4 rings (SSSR count). The Morgan fingerprint density at radius 2 is 1.57 bits per heavy atom. The zero-order valence-electron chi connectivity index (χ0n) is 16.6. The summed E-state index contributed by atoms with van der Waals surface area (Å²) in [7, 11) is 3.24. The van der Waals surface area contributed by atoms with Crippen LogP contribution in [0.15, 0.2) is 39.9 Å². The number of hydrogen-bond donors (Lipinski definition) is 1. The Labute approximate surface area is 164 Å². The smallest absolute Gasteiger partial charge is 0.332 e. The highest BCUT2D eigenvalue weighted by molar-refractivity contribution is 5.46. The molecule has 1 aromatic heterocycles. The average molecular weight is 384 g/mol. The Hall–Kier alpha value is -2.58. The van der Waals surface area contributed by atoms with E-state index in [0.29, 0.717) is 24.6 Å². The lowest BCUT2D eigenvalue weighted by Gasteiger charge is -2.37. The highest BCUT2D eigenvalue weighted by Crippen LogP contribution is 2.18. The van der Waals surface area contributed by atoms with Gasteiger partial charge in [-0.3, -0.25) is 23.7 Å². The molecule has 1 N–H and O–H groups in total.